The Kier molecular flexibility index (Phi) is 1.64. The van der Waals surface area contributed by atoms with Gasteiger partial charge in [0.1, 0.15) is 5.82 Å². The van der Waals surface area contributed by atoms with Gasteiger partial charge in [0.05, 0.1) is 5.69 Å². The van der Waals surface area contributed by atoms with E-state index in [9.17, 15) is 0 Å². The van der Waals surface area contributed by atoms with Crippen molar-refractivity contribution < 1.29 is 0 Å². The first-order valence-corrected chi connectivity index (χ1v) is 4.38. The monoisotopic (exact) mass is 170 g/mol. The van der Waals surface area contributed by atoms with Crippen LogP contribution >= 0.6 is 11.6 Å². The summed E-state index contributed by atoms with van der Waals surface area (Å²) in [5.41, 5.74) is 1.23. The highest BCUT2D eigenvalue weighted by Crippen LogP contribution is 2.23. The van der Waals surface area contributed by atoms with E-state index in [1.807, 2.05) is 6.92 Å². The second-order valence-corrected chi connectivity index (χ2v) is 3.36. The van der Waals surface area contributed by atoms with Crippen LogP contribution in [0.15, 0.2) is 0 Å². The van der Waals surface area contributed by atoms with Crippen molar-refractivity contribution in [1.29, 1.82) is 0 Å². The molecule has 60 valence electrons. The third kappa shape index (κ3) is 1.06. The van der Waals surface area contributed by atoms with Gasteiger partial charge in [-0.05, 0) is 26.2 Å². The largest absolute Gasteiger partial charge is 0.331 e. The topological polar surface area (TPSA) is 17.8 Å². The summed E-state index contributed by atoms with van der Waals surface area (Å²) in [6.45, 7) is 3.11. The zero-order valence-corrected chi connectivity index (χ0v) is 7.36. The molecular weight excluding hydrogens is 160 g/mol. The fraction of sp³-hybridized carbons (Fsp3) is 0.625. The summed E-state index contributed by atoms with van der Waals surface area (Å²) in [6, 6.07) is 0. The van der Waals surface area contributed by atoms with Gasteiger partial charge in [-0.2, -0.15) is 0 Å². The molecule has 3 heteroatoms. The summed E-state index contributed by atoms with van der Waals surface area (Å²) in [5.74, 6) is 1.06. The van der Waals surface area contributed by atoms with Crippen LogP contribution in [-0.4, -0.2) is 9.55 Å². The van der Waals surface area contributed by atoms with E-state index in [0.29, 0.717) is 5.15 Å². The summed E-state index contributed by atoms with van der Waals surface area (Å²) < 4.78 is 2.23. The van der Waals surface area contributed by atoms with Gasteiger partial charge < -0.3 is 4.57 Å². The number of hydrogen-bond acceptors (Lipinski definition) is 1. The molecule has 0 saturated heterocycles. The van der Waals surface area contributed by atoms with Crippen molar-refractivity contribution >= 4 is 11.6 Å². The second-order valence-electron chi connectivity index (χ2n) is 3.01. The molecule has 0 atom stereocenters. The predicted octanol–water partition coefficient (Wildman–Crippen LogP) is 2.18. The first kappa shape index (κ1) is 7.17. The standard InChI is InChI=1S/C8H11ClN2/c1-6-10-8(9)7-4-2-3-5-11(6)7/h2-5H2,1H3. The Morgan fingerprint density at radius 2 is 2.27 bits per heavy atom. The number of fused-ring (bicyclic) bond motifs is 1. The van der Waals surface area contributed by atoms with Crippen LogP contribution in [0.5, 0.6) is 0 Å². The summed E-state index contributed by atoms with van der Waals surface area (Å²) >= 11 is 5.93. The Labute approximate surface area is 71.2 Å². The maximum atomic E-state index is 5.93. The van der Waals surface area contributed by atoms with Gasteiger partial charge in [-0.25, -0.2) is 4.98 Å². The normalized spacial score (nSPS) is 16.5. The summed E-state index contributed by atoms with van der Waals surface area (Å²) in [4.78, 5) is 4.22. The van der Waals surface area contributed by atoms with Crippen LogP contribution in [0.2, 0.25) is 5.15 Å². The predicted molar refractivity (Wildman–Crippen MR) is 44.9 cm³/mol. The average Bonchev–Trinajstić information content (AvgIpc) is 2.30. The van der Waals surface area contributed by atoms with Gasteiger partial charge in [0.25, 0.3) is 0 Å². The molecule has 11 heavy (non-hydrogen) atoms. The molecule has 1 aliphatic rings. The Morgan fingerprint density at radius 1 is 1.45 bits per heavy atom. The van der Waals surface area contributed by atoms with E-state index in [-0.39, 0.29) is 0 Å². The molecule has 0 radical (unpaired) electrons. The number of imidazole rings is 1. The van der Waals surface area contributed by atoms with Crippen molar-refractivity contribution in [3.05, 3.63) is 16.7 Å². The van der Waals surface area contributed by atoms with Crippen LogP contribution in [0, 0.1) is 6.92 Å². The number of rotatable bonds is 0. The molecular formula is C8H11ClN2. The van der Waals surface area contributed by atoms with E-state index < -0.39 is 0 Å². The Morgan fingerprint density at radius 3 is 3.00 bits per heavy atom. The van der Waals surface area contributed by atoms with Crippen molar-refractivity contribution in [3.63, 3.8) is 0 Å². The lowest BCUT2D eigenvalue weighted by molar-refractivity contribution is 0.522. The van der Waals surface area contributed by atoms with E-state index >= 15 is 0 Å². The lowest BCUT2D eigenvalue weighted by Gasteiger charge is -2.14. The van der Waals surface area contributed by atoms with Crippen molar-refractivity contribution in [3.8, 4) is 0 Å². The van der Waals surface area contributed by atoms with Gasteiger partial charge in [0, 0.05) is 6.54 Å². The average molecular weight is 171 g/mol. The van der Waals surface area contributed by atoms with Crippen LogP contribution in [0.4, 0.5) is 0 Å². The fourth-order valence-electron chi connectivity index (χ4n) is 1.67. The summed E-state index contributed by atoms with van der Waals surface area (Å²) in [5, 5.41) is 0.710. The SMILES string of the molecule is Cc1nc(Cl)c2n1CCCC2. The smallest absolute Gasteiger partial charge is 0.150 e. The van der Waals surface area contributed by atoms with Crippen molar-refractivity contribution in [2.24, 2.45) is 0 Å². The van der Waals surface area contributed by atoms with Gasteiger partial charge in [-0.1, -0.05) is 11.6 Å². The first-order chi connectivity index (χ1) is 5.29. The Bertz CT molecular complexity index is 251. The van der Waals surface area contributed by atoms with Gasteiger partial charge in [-0.3, -0.25) is 0 Å². The van der Waals surface area contributed by atoms with Crippen LogP contribution < -0.4 is 0 Å². The first-order valence-electron chi connectivity index (χ1n) is 4.00. The molecule has 1 aromatic rings. The van der Waals surface area contributed by atoms with Crippen LogP contribution in [-0.2, 0) is 13.0 Å². The highest BCUT2D eigenvalue weighted by atomic mass is 35.5. The molecule has 0 unspecified atom stereocenters. The van der Waals surface area contributed by atoms with Gasteiger partial charge in [0.15, 0.2) is 5.15 Å². The lowest BCUT2D eigenvalue weighted by Crippen LogP contribution is -2.10. The zero-order valence-electron chi connectivity index (χ0n) is 6.60. The zero-order chi connectivity index (χ0) is 7.84. The van der Waals surface area contributed by atoms with E-state index in [1.54, 1.807) is 0 Å². The molecule has 0 N–H and O–H groups in total. The molecule has 0 fully saturated rings. The number of hydrogen-bond donors (Lipinski definition) is 0. The minimum Gasteiger partial charge on any atom is -0.331 e. The number of halogens is 1. The fourth-order valence-corrected chi connectivity index (χ4v) is 1.99. The van der Waals surface area contributed by atoms with E-state index in [1.165, 1.54) is 18.5 Å². The summed E-state index contributed by atoms with van der Waals surface area (Å²) in [6.07, 6.45) is 3.62. The minimum atomic E-state index is 0.710. The molecule has 0 bridgehead atoms. The van der Waals surface area contributed by atoms with E-state index in [2.05, 4.69) is 9.55 Å². The van der Waals surface area contributed by atoms with Gasteiger partial charge >= 0.3 is 0 Å². The van der Waals surface area contributed by atoms with Crippen molar-refractivity contribution in [2.45, 2.75) is 32.7 Å². The maximum absolute atomic E-state index is 5.93. The highest BCUT2D eigenvalue weighted by Gasteiger charge is 2.15. The molecule has 0 saturated carbocycles. The number of nitrogens with zero attached hydrogens (tertiary/aromatic N) is 2. The molecule has 1 aliphatic heterocycles. The van der Waals surface area contributed by atoms with Crippen LogP contribution in [0.1, 0.15) is 24.4 Å². The van der Waals surface area contributed by atoms with Crippen molar-refractivity contribution in [2.75, 3.05) is 0 Å². The van der Waals surface area contributed by atoms with Gasteiger partial charge in [0.2, 0.25) is 0 Å². The molecule has 0 aliphatic carbocycles. The molecule has 2 nitrogen and oxygen atoms in total. The summed E-state index contributed by atoms with van der Waals surface area (Å²) in [7, 11) is 0. The highest BCUT2D eigenvalue weighted by molar-refractivity contribution is 6.30. The number of aryl methyl sites for hydroxylation is 1. The Hall–Kier alpha value is -0.500. The van der Waals surface area contributed by atoms with Crippen molar-refractivity contribution in [1.82, 2.24) is 9.55 Å². The lowest BCUT2D eigenvalue weighted by atomic mass is 10.1. The molecule has 0 amide bonds. The second kappa shape index (κ2) is 2.52. The molecule has 2 heterocycles. The molecule has 0 spiro atoms. The van der Waals surface area contributed by atoms with Gasteiger partial charge in [-0.15, -0.1) is 0 Å². The molecule has 2 rings (SSSR count). The third-order valence-corrected chi connectivity index (χ3v) is 2.56. The third-order valence-electron chi connectivity index (χ3n) is 2.26. The minimum absolute atomic E-state index is 0.710. The molecule has 1 aromatic heterocycles. The van der Waals surface area contributed by atoms with E-state index in [0.717, 1.165) is 18.8 Å². The molecule has 0 aromatic carbocycles. The van der Waals surface area contributed by atoms with Crippen LogP contribution in [0.25, 0.3) is 0 Å². The Balaban J connectivity index is 2.52. The maximum Gasteiger partial charge on any atom is 0.150 e. The van der Waals surface area contributed by atoms with E-state index in [4.69, 9.17) is 11.6 Å². The van der Waals surface area contributed by atoms with Crippen LogP contribution in [0.3, 0.4) is 0 Å². The quantitative estimate of drug-likeness (QED) is 0.584. The number of aromatic nitrogens is 2.